The summed E-state index contributed by atoms with van der Waals surface area (Å²) >= 11 is 1.37. The summed E-state index contributed by atoms with van der Waals surface area (Å²) in [6.07, 6.45) is 1.82. The monoisotopic (exact) mass is 395 g/mol. The number of fused-ring (bicyclic) bond motifs is 1. The van der Waals surface area contributed by atoms with Crippen LogP contribution in [0.5, 0.6) is 11.5 Å². The first-order chi connectivity index (χ1) is 13.7. The van der Waals surface area contributed by atoms with Gasteiger partial charge in [0.05, 0.1) is 11.9 Å². The lowest BCUT2D eigenvalue weighted by Gasteiger charge is -2.19. The van der Waals surface area contributed by atoms with Crippen molar-refractivity contribution in [1.82, 2.24) is 9.55 Å². The Morgan fingerprint density at radius 2 is 1.93 bits per heavy atom. The number of hydrogen-bond donors (Lipinski definition) is 1. The van der Waals surface area contributed by atoms with E-state index in [2.05, 4.69) is 16.5 Å². The van der Waals surface area contributed by atoms with Gasteiger partial charge in [-0.2, -0.15) is 0 Å². The lowest BCUT2D eigenvalue weighted by atomic mass is 10.1. The lowest BCUT2D eigenvalue weighted by molar-refractivity contribution is -0.117. The molecule has 1 amide bonds. The third-order valence-corrected chi connectivity index (χ3v) is 5.83. The molecule has 2 heterocycles. The number of nitrogens with zero attached hydrogens (tertiary/aromatic N) is 2. The maximum atomic E-state index is 12.1. The first-order valence-corrected chi connectivity index (χ1v) is 10.0. The van der Waals surface area contributed by atoms with Crippen LogP contribution in [0, 0.1) is 0 Å². The lowest BCUT2D eigenvalue weighted by Crippen LogP contribution is -2.19. The molecule has 6 nitrogen and oxygen atoms in total. The number of rotatable bonds is 6. The van der Waals surface area contributed by atoms with E-state index in [1.165, 1.54) is 11.8 Å². The molecule has 0 aliphatic carbocycles. The predicted octanol–water partition coefficient (Wildman–Crippen LogP) is 3.66. The molecule has 3 aromatic rings. The van der Waals surface area contributed by atoms with Crippen molar-refractivity contribution in [1.29, 1.82) is 0 Å². The molecule has 0 fully saturated rings. The van der Waals surface area contributed by atoms with E-state index in [4.69, 9.17) is 15.2 Å². The largest absolute Gasteiger partial charge is 0.486 e. The average Bonchev–Trinajstić information content (AvgIpc) is 3.14. The molecular weight excluding hydrogens is 374 g/mol. The van der Waals surface area contributed by atoms with Crippen molar-refractivity contribution in [3.8, 4) is 22.8 Å². The van der Waals surface area contributed by atoms with Gasteiger partial charge in [-0.15, -0.1) is 0 Å². The normalized spacial score (nSPS) is 13.9. The van der Waals surface area contributed by atoms with Gasteiger partial charge in [-0.05, 0) is 30.7 Å². The molecule has 4 rings (SSSR count). The van der Waals surface area contributed by atoms with Crippen molar-refractivity contribution in [2.45, 2.75) is 23.9 Å². The number of amides is 1. The summed E-state index contributed by atoms with van der Waals surface area (Å²) in [4.78, 5) is 16.6. The smallest absolute Gasteiger partial charge is 0.235 e. The molecule has 0 spiro atoms. The summed E-state index contributed by atoms with van der Waals surface area (Å²) in [6.45, 7) is 3.87. The van der Waals surface area contributed by atoms with E-state index < -0.39 is 5.25 Å². The van der Waals surface area contributed by atoms with Crippen molar-refractivity contribution in [2.75, 3.05) is 13.2 Å². The van der Waals surface area contributed by atoms with Gasteiger partial charge in [-0.25, -0.2) is 4.98 Å². The molecule has 1 atom stereocenters. The quantitative estimate of drug-likeness (QED) is 0.645. The molecule has 0 saturated heterocycles. The van der Waals surface area contributed by atoms with Gasteiger partial charge in [0.2, 0.25) is 5.91 Å². The van der Waals surface area contributed by atoms with Gasteiger partial charge in [0.25, 0.3) is 0 Å². The minimum atomic E-state index is -0.498. The molecule has 7 heteroatoms. The molecule has 1 aliphatic heterocycles. The minimum Gasteiger partial charge on any atom is -0.486 e. The van der Waals surface area contributed by atoms with Gasteiger partial charge in [0.1, 0.15) is 18.5 Å². The zero-order chi connectivity index (χ0) is 19.5. The van der Waals surface area contributed by atoms with Crippen LogP contribution in [0.25, 0.3) is 11.3 Å². The zero-order valence-corrected chi connectivity index (χ0v) is 16.3. The highest BCUT2D eigenvalue weighted by atomic mass is 32.2. The van der Waals surface area contributed by atoms with Crippen molar-refractivity contribution >= 4 is 17.7 Å². The summed E-state index contributed by atoms with van der Waals surface area (Å²) in [7, 11) is 0. The molecule has 0 radical (unpaired) electrons. The highest BCUT2D eigenvalue weighted by Crippen LogP contribution is 2.38. The number of imidazole rings is 1. The van der Waals surface area contributed by atoms with E-state index in [0.29, 0.717) is 19.8 Å². The van der Waals surface area contributed by atoms with E-state index in [-0.39, 0.29) is 5.91 Å². The molecule has 0 saturated carbocycles. The van der Waals surface area contributed by atoms with Crippen LogP contribution in [0.1, 0.15) is 17.7 Å². The Hall–Kier alpha value is -2.93. The summed E-state index contributed by atoms with van der Waals surface area (Å²) in [5, 5.41) is 0.252. The van der Waals surface area contributed by atoms with Gasteiger partial charge in [-0.3, -0.25) is 4.79 Å². The summed E-state index contributed by atoms with van der Waals surface area (Å²) in [6, 6.07) is 15.4. The number of nitrogens with two attached hydrogens (primary N) is 1. The second-order valence-electron chi connectivity index (χ2n) is 6.34. The number of carbonyl (C=O) groups is 1. The van der Waals surface area contributed by atoms with Crippen LogP contribution in [0.3, 0.4) is 0 Å². The second-order valence-corrected chi connectivity index (χ2v) is 7.41. The highest BCUT2D eigenvalue weighted by Gasteiger charge is 2.23. The van der Waals surface area contributed by atoms with Crippen LogP contribution in [-0.2, 0) is 11.3 Å². The number of thioether (sulfide) groups is 1. The number of benzene rings is 2. The fourth-order valence-electron chi connectivity index (χ4n) is 3.22. The summed E-state index contributed by atoms with van der Waals surface area (Å²) in [5.74, 6) is 1.11. The average molecular weight is 395 g/mol. The Kier molecular flexibility index (Phi) is 5.25. The van der Waals surface area contributed by atoms with Crippen molar-refractivity contribution in [3.63, 3.8) is 0 Å². The molecule has 1 aliphatic rings. The van der Waals surface area contributed by atoms with Crippen molar-refractivity contribution < 1.29 is 14.3 Å². The number of hydrogen-bond acceptors (Lipinski definition) is 5. The van der Waals surface area contributed by atoms with Crippen LogP contribution >= 0.6 is 11.8 Å². The Balaban J connectivity index is 1.67. The van der Waals surface area contributed by atoms with Gasteiger partial charge >= 0.3 is 0 Å². The summed E-state index contributed by atoms with van der Waals surface area (Å²) < 4.78 is 13.4. The number of ether oxygens (including phenoxy) is 2. The zero-order valence-electron chi connectivity index (χ0n) is 15.5. The number of aromatic nitrogens is 2. The van der Waals surface area contributed by atoms with Crippen molar-refractivity contribution in [3.05, 3.63) is 60.3 Å². The molecule has 1 unspecified atom stereocenters. The Labute approximate surface area is 167 Å². The molecular formula is C21H21N3O3S. The van der Waals surface area contributed by atoms with Crippen LogP contribution in [0.15, 0.2) is 59.9 Å². The fourth-order valence-corrected chi connectivity index (χ4v) is 4.30. The molecule has 0 bridgehead atoms. The Morgan fingerprint density at radius 1 is 1.18 bits per heavy atom. The molecule has 144 valence electrons. The van der Waals surface area contributed by atoms with Crippen LogP contribution in [0.2, 0.25) is 0 Å². The van der Waals surface area contributed by atoms with E-state index in [0.717, 1.165) is 33.5 Å². The minimum absolute atomic E-state index is 0.386. The first kappa shape index (κ1) is 18.4. The maximum absolute atomic E-state index is 12.1. The van der Waals surface area contributed by atoms with Gasteiger partial charge in [0, 0.05) is 12.1 Å². The van der Waals surface area contributed by atoms with E-state index in [9.17, 15) is 4.79 Å². The van der Waals surface area contributed by atoms with Gasteiger partial charge in [-0.1, -0.05) is 42.1 Å². The third kappa shape index (κ3) is 3.57. The fraction of sp³-hybridized carbons (Fsp3) is 0.238. The van der Waals surface area contributed by atoms with Crippen LogP contribution in [0.4, 0.5) is 0 Å². The predicted molar refractivity (Wildman–Crippen MR) is 109 cm³/mol. The second kappa shape index (κ2) is 7.98. The van der Waals surface area contributed by atoms with E-state index in [1.807, 2.05) is 54.7 Å². The molecule has 1 aromatic heterocycles. The molecule has 28 heavy (non-hydrogen) atoms. The number of primary amides is 1. The SMILES string of the molecule is CCn1c(-c2ccc3c(c2)OCCO3)cnc1SC(C(N)=O)c1ccccc1. The van der Waals surface area contributed by atoms with E-state index in [1.54, 1.807) is 0 Å². The van der Waals surface area contributed by atoms with Crippen LogP contribution in [-0.4, -0.2) is 28.7 Å². The number of carbonyl (C=O) groups excluding carboxylic acids is 1. The Bertz CT molecular complexity index is 988. The molecule has 2 aromatic carbocycles. The summed E-state index contributed by atoms with van der Waals surface area (Å²) in [5.41, 5.74) is 8.49. The maximum Gasteiger partial charge on any atom is 0.235 e. The third-order valence-electron chi connectivity index (χ3n) is 4.56. The van der Waals surface area contributed by atoms with Gasteiger partial charge in [0.15, 0.2) is 16.7 Å². The highest BCUT2D eigenvalue weighted by molar-refractivity contribution is 8.00. The van der Waals surface area contributed by atoms with Crippen LogP contribution < -0.4 is 15.2 Å². The first-order valence-electron chi connectivity index (χ1n) is 9.14. The van der Waals surface area contributed by atoms with Gasteiger partial charge < -0.3 is 19.8 Å². The topological polar surface area (TPSA) is 79.4 Å². The standard InChI is InChI=1S/C21H21N3O3S/c1-2-24-16(15-8-9-17-18(12-15)27-11-10-26-17)13-23-21(24)28-19(20(22)25)14-6-4-3-5-7-14/h3-9,12-13,19H,2,10-11H2,1H3,(H2,22,25). The van der Waals surface area contributed by atoms with E-state index >= 15 is 0 Å². The Morgan fingerprint density at radius 3 is 2.64 bits per heavy atom. The molecule has 2 N–H and O–H groups in total. The van der Waals surface area contributed by atoms with Crippen molar-refractivity contribution in [2.24, 2.45) is 5.73 Å².